The first-order chi connectivity index (χ1) is 7.65. The zero-order chi connectivity index (χ0) is 12.4. The smallest absolute Gasteiger partial charge is 0.0589 e. The van der Waals surface area contributed by atoms with Crippen LogP contribution in [0.15, 0.2) is 12.7 Å². The van der Waals surface area contributed by atoms with Crippen molar-refractivity contribution in [3.63, 3.8) is 0 Å². The SMILES string of the molecule is C=CCN(CCOC)C(CC)CNC(C)C. The van der Waals surface area contributed by atoms with Gasteiger partial charge in [-0.3, -0.25) is 4.90 Å². The molecule has 0 aromatic carbocycles. The highest BCUT2D eigenvalue weighted by Gasteiger charge is 2.15. The summed E-state index contributed by atoms with van der Waals surface area (Å²) in [7, 11) is 1.75. The summed E-state index contributed by atoms with van der Waals surface area (Å²) in [6.45, 7) is 14.1. The van der Waals surface area contributed by atoms with Crippen LogP contribution < -0.4 is 5.32 Å². The molecule has 0 saturated carbocycles. The summed E-state index contributed by atoms with van der Waals surface area (Å²) in [4.78, 5) is 2.42. The Bertz CT molecular complexity index is 171. The molecule has 0 fully saturated rings. The maximum absolute atomic E-state index is 5.14. The standard InChI is InChI=1S/C13H28N2O/c1-6-8-15(9-10-16-5)13(7-2)11-14-12(3)4/h6,12-14H,1,7-11H2,2-5H3. The molecule has 0 heterocycles. The molecule has 0 aliphatic heterocycles. The van der Waals surface area contributed by atoms with Crippen molar-refractivity contribution in [2.45, 2.75) is 39.3 Å². The molecule has 0 aliphatic carbocycles. The van der Waals surface area contributed by atoms with Crippen LogP contribution in [-0.2, 0) is 4.74 Å². The summed E-state index contributed by atoms with van der Waals surface area (Å²) in [6.07, 6.45) is 3.12. The third kappa shape index (κ3) is 6.99. The van der Waals surface area contributed by atoms with Crippen molar-refractivity contribution >= 4 is 0 Å². The lowest BCUT2D eigenvalue weighted by Gasteiger charge is -2.30. The fourth-order valence-corrected chi connectivity index (χ4v) is 1.70. The van der Waals surface area contributed by atoms with Gasteiger partial charge >= 0.3 is 0 Å². The van der Waals surface area contributed by atoms with Crippen molar-refractivity contribution in [1.29, 1.82) is 0 Å². The number of rotatable bonds is 10. The van der Waals surface area contributed by atoms with Crippen LogP contribution in [0.25, 0.3) is 0 Å². The Morgan fingerprint density at radius 2 is 2.12 bits per heavy atom. The molecule has 0 saturated heterocycles. The quantitative estimate of drug-likeness (QED) is 0.578. The van der Waals surface area contributed by atoms with E-state index >= 15 is 0 Å². The van der Waals surface area contributed by atoms with E-state index in [0.29, 0.717) is 12.1 Å². The Balaban J connectivity index is 4.14. The van der Waals surface area contributed by atoms with E-state index in [2.05, 4.69) is 37.6 Å². The highest BCUT2D eigenvalue weighted by Crippen LogP contribution is 2.04. The first kappa shape index (κ1) is 15.6. The Labute approximate surface area is 101 Å². The molecule has 0 aromatic rings. The Hall–Kier alpha value is -0.380. The molecule has 1 unspecified atom stereocenters. The summed E-state index contributed by atoms with van der Waals surface area (Å²) in [5, 5.41) is 3.50. The van der Waals surface area contributed by atoms with Crippen molar-refractivity contribution in [2.75, 3.05) is 33.4 Å². The van der Waals surface area contributed by atoms with Crippen molar-refractivity contribution in [1.82, 2.24) is 10.2 Å². The van der Waals surface area contributed by atoms with E-state index in [0.717, 1.165) is 32.7 Å². The highest BCUT2D eigenvalue weighted by atomic mass is 16.5. The lowest BCUT2D eigenvalue weighted by Crippen LogP contribution is -2.45. The molecule has 3 nitrogen and oxygen atoms in total. The van der Waals surface area contributed by atoms with Crippen molar-refractivity contribution < 1.29 is 4.74 Å². The summed E-state index contributed by atoms with van der Waals surface area (Å²) >= 11 is 0. The van der Waals surface area contributed by atoms with E-state index in [9.17, 15) is 0 Å². The first-order valence-electron chi connectivity index (χ1n) is 6.22. The molecule has 0 radical (unpaired) electrons. The van der Waals surface area contributed by atoms with E-state index < -0.39 is 0 Å². The van der Waals surface area contributed by atoms with Crippen LogP contribution >= 0.6 is 0 Å². The second kappa shape index (κ2) is 9.82. The fraction of sp³-hybridized carbons (Fsp3) is 0.846. The largest absolute Gasteiger partial charge is 0.383 e. The van der Waals surface area contributed by atoms with Crippen molar-refractivity contribution in [2.24, 2.45) is 0 Å². The lowest BCUT2D eigenvalue weighted by atomic mass is 10.1. The fourth-order valence-electron chi connectivity index (χ4n) is 1.70. The zero-order valence-corrected chi connectivity index (χ0v) is 11.3. The second-order valence-corrected chi connectivity index (χ2v) is 4.40. The minimum absolute atomic E-state index is 0.544. The van der Waals surface area contributed by atoms with Gasteiger partial charge in [-0.25, -0.2) is 0 Å². The van der Waals surface area contributed by atoms with Crippen LogP contribution in [0.3, 0.4) is 0 Å². The normalized spacial score (nSPS) is 13.4. The number of hydrogen-bond donors (Lipinski definition) is 1. The molecule has 3 heteroatoms. The van der Waals surface area contributed by atoms with Crippen molar-refractivity contribution in [3.8, 4) is 0 Å². The van der Waals surface area contributed by atoms with E-state index in [1.165, 1.54) is 0 Å². The predicted octanol–water partition coefficient (Wildman–Crippen LogP) is 1.90. The van der Waals surface area contributed by atoms with Gasteiger partial charge in [0.25, 0.3) is 0 Å². The van der Waals surface area contributed by atoms with Crippen LogP contribution in [0.1, 0.15) is 27.2 Å². The number of methoxy groups -OCH3 is 1. The molecule has 0 aliphatic rings. The van der Waals surface area contributed by atoms with Crippen LogP contribution in [0.5, 0.6) is 0 Å². The molecule has 0 bridgehead atoms. The van der Waals surface area contributed by atoms with Gasteiger partial charge in [0.05, 0.1) is 6.61 Å². The molecule has 1 N–H and O–H groups in total. The average Bonchev–Trinajstić information content (AvgIpc) is 2.26. The zero-order valence-electron chi connectivity index (χ0n) is 11.3. The van der Waals surface area contributed by atoms with Gasteiger partial charge in [0.1, 0.15) is 0 Å². The van der Waals surface area contributed by atoms with E-state index in [4.69, 9.17) is 4.74 Å². The minimum Gasteiger partial charge on any atom is -0.383 e. The molecule has 1 atom stereocenters. The Kier molecular flexibility index (Phi) is 9.59. The van der Waals surface area contributed by atoms with Gasteiger partial charge in [-0.15, -0.1) is 6.58 Å². The number of hydrogen-bond acceptors (Lipinski definition) is 3. The van der Waals surface area contributed by atoms with E-state index in [-0.39, 0.29) is 0 Å². The highest BCUT2D eigenvalue weighted by molar-refractivity contribution is 4.80. The number of nitrogens with zero attached hydrogens (tertiary/aromatic N) is 1. The molecule has 16 heavy (non-hydrogen) atoms. The van der Waals surface area contributed by atoms with Crippen molar-refractivity contribution in [3.05, 3.63) is 12.7 Å². The minimum atomic E-state index is 0.544. The van der Waals surface area contributed by atoms with Gasteiger partial charge in [-0.2, -0.15) is 0 Å². The number of ether oxygens (including phenoxy) is 1. The summed E-state index contributed by atoms with van der Waals surface area (Å²) in [6, 6.07) is 1.11. The molecule has 0 amide bonds. The average molecular weight is 228 g/mol. The molecule has 0 rings (SSSR count). The second-order valence-electron chi connectivity index (χ2n) is 4.40. The summed E-state index contributed by atoms with van der Waals surface area (Å²) < 4.78 is 5.14. The third-order valence-electron chi connectivity index (χ3n) is 2.70. The van der Waals surface area contributed by atoms with Gasteiger partial charge in [0, 0.05) is 38.8 Å². The molecule has 0 spiro atoms. The topological polar surface area (TPSA) is 24.5 Å². The molecule has 0 aromatic heterocycles. The molecule has 96 valence electrons. The van der Waals surface area contributed by atoms with Crippen LogP contribution in [0.4, 0.5) is 0 Å². The summed E-state index contributed by atoms with van der Waals surface area (Å²) in [5.74, 6) is 0. The van der Waals surface area contributed by atoms with E-state index in [1.54, 1.807) is 7.11 Å². The first-order valence-corrected chi connectivity index (χ1v) is 6.22. The monoisotopic (exact) mass is 228 g/mol. The van der Waals surface area contributed by atoms with Gasteiger partial charge in [-0.05, 0) is 6.42 Å². The van der Waals surface area contributed by atoms with Gasteiger partial charge < -0.3 is 10.1 Å². The maximum Gasteiger partial charge on any atom is 0.0589 e. The van der Waals surface area contributed by atoms with Gasteiger partial charge in [0.15, 0.2) is 0 Å². The number of nitrogens with one attached hydrogen (secondary N) is 1. The lowest BCUT2D eigenvalue weighted by molar-refractivity contribution is 0.124. The molecular formula is C13H28N2O. The van der Waals surface area contributed by atoms with Gasteiger partial charge in [-0.1, -0.05) is 26.8 Å². The Morgan fingerprint density at radius 3 is 2.56 bits per heavy atom. The van der Waals surface area contributed by atoms with Crippen LogP contribution in [-0.4, -0.2) is 50.3 Å². The molecular weight excluding hydrogens is 200 g/mol. The summed E-state index contributed by atoms with van der Waals surface area (Å²) in [5.41, 5.74) is 0. The third-order valence-corrected chi connectivity index (χ3v) is 2.70. The van der Waals surface area contributed by atoms with Crippen LogP contribution in [0.2, 0.25) is 0 Å². The van der Waals surface area contributed by atoms with Gasteiger partial charge in [0.2, 0.25) is 0 Å². The maximum atomic E-state index is 5.14. The Morgan fingerprint density at radius 1 is 1.44 bits per heavy atom. The van der Waals surface area contributed by atoms with Crippen LogP contribution in [0, 0.1) is 0 Å². The predicted molar refractivity (Wildman–Crippen MR) is 70.9 cm³/mol. The van der Waals surface area contributed by atoms with E-state index in [1.807, 2.05) is 6.08 Å².